The zero-order valence-electron chi connectivity index (χ0n) is 67.3. The van der Waals surface area contributed by atoms with Gasteiger partial charge in [-0.3, -0.25) is 72.1 Å². The van der Waals surface area contributed by atoms with Crippen molar-refractivity contribution in [2.45, 2.75) is 265 Å². The molecular weight excluding hydrogens is 1460 g/mol. The number of carboxylic acids is 1. The van der Waals surface area contributed by atoms with Gasteiger partial charge in [-0.15, -0.1) is 0 Å². The number of aliphatic hydroxyl groups excluding tert-OH is 4. The fraction of sp³-hybridized carbons (Fsp3) is 0.699. The van der Waals surface area contributed by atoms with Crippen LogP contribution in [0.2, 0.25) is 0 Å². The smallest absolute Gasteiger partial charge is 0.326 e. The van der Waals surface area contributed by atoms with Gasteiger partial charge in [0.25, 0.3) is 0 Å². The summed E-state index contributed by atoms with van der Waals surface area (Å²) in [5.74, 6) is -18.3. The maximum atomic E-state index is 14.3. The Balaban J connectivity index is 3.42. The zero-order valence-corrected chi connectivity index (χ0v) is 67.3. The molecule has 0 saturated carbocycles. The van der Waals surface area contributed by atoms with Crippen molar-refractivity contribution in [3.8, 4) is 0 Å². The summed E-state index contributed by atoms with van der Waals surface area (Å²) >= 11 is 0. The highest BCUT2D eigenvalue weighted by Gasteiger charge is 2.41. The maximum Gasteiger partial charge on any atom is 0.326 e. The minimum absolute atomic E-state index is 0.0224. The lowest BCUT2D eigenvalue weighted by Gasteiger charge is -2.30. The van der Waals surface area contributed by atoms with E-state index < -0.39 is 234 Å². The Morgan fingerprint density at radius 1 is 0.420 bits per heavy atom. The molecule has 0 unspecified atom stereocenters. The van der Waals surface area contributed by atoms with Gasteiger partial charge in [0.15, 0.2) is 5.96 Å². The van der Waals surface area contributed by atoms with Gasteiger partial charge in [0.05, 0.1) is 37.5 Å². The van der Waals surface area contributed by atoms with Crippen molar-refractivity contribution in [1.29, 1.82) is 0 Å². The number of hydrogen-bond donors (Lipinski definition) is 23. The van der Waals surface area contributed by atoms with Gasteiger partial charge in [0, 0.05) is 13.0 Å². The Hall–Kier alpha value is -9.70. The second-order valence-corrected chi connectivity index (χ2v) is 29.9. The number of guanidine groups is 1. The van der Waals surface area contributed by atoms with Crippen LogP contribution in [-0.2, 0) is 78.3 Å². The van der Waals surface area contributed by atoms with E-state index in [-0.39, 0.29) is 44.1 Å². The van der Waals surface area contributed by atoms with Crippen LogP contribution in [0, 0.1) is 35.5 Å². The van der Waals surface area contributed by atoms with E-state index in [4.69, 9.17) is 22.9 Å². The molecule has 18 atom stereocenters. The number of nitrogens with one attached hydrogen (secondary N) is 14. The van der Waals surface area contributed by atoms with Crippen molar-refractivity contribution < 1.29 is 97.5 Å². The van der Waals surface area contributed by atoms with E-state index in [1.807, 2.05) is 13.8 Å². The predicted octanol–water partition coefficient (Wildman–Crippen LogP) is -5.89. The molecule has 14 amide bonds. The summed E-state index contributed by atoms with van der Waals surface area (Å²) in [4.78, 5) is 209. The van der Waals surface area contributed by atoms with Gasteiger partial charge in [0.1, 0.15) is 78.5 Å². The van der Waals surface area contributed by atoms with Crippen molar-refractivity contribution in [3.05, 3.63) is 35.9 Å². The molecule has 0 heterocycles. The number of unbranched alkanes of at least 4 members (excludes halogenated alkanes) is 1. The number of hydrogen-bond acceptors (Lipinski definition) is 22. The summed E-state index contributed by atoms with van der Waals surface area (Å²) in [5.41, 5.74) is 23.2. The van der Waals surface area contributed by atoms with Crippen LogP contribution in [0.3, 0.4) is 0 Å². The first kappa shape index (κ1) is 100. The predicted molar refractivity (Wildman–Crippen MR) is 413 cm³/mol. The van der Waals surface area contributed by atoms with Gasteiger partial charge in [-0.05, 0) is 114 Å². The average molecular weight is 1590 g/mol. The summed E-state index contributed by atoms with van der Waals surface area (Å²) in [6.45, 7) is 22.6. The molecule has 0 radical (unpaired) electrons. The standard InChI is InChI=1S/C73H127N19O20/c1-17-39(12)55(72(111)112)89-66(105)52(36(6)7)86-64(103)49(33-93)84-70(109)57(42(15)95)92-67(106)53(37(8)9)87-65(104)51(35(4)5)85-50(97)32-79-61(100)48(31-44-24-19-18-20-25-44)83-69(108)56(41(14)94)91-68(107)54(38(10)11)88-71(110)58(43(16)96)90-63(102)47(27-23-29-78-73(76)77)81-59(98)40(13)80-62(101)46(26-21-22-28-74)82-60(99)45(75)30-34(2)3/h18-20,24-25,34-43,45-49,51-58,93-96H,17,21-23,26-33,74-75H2,1-16H3,(H,79,100)(H,80,101)(H,81,98)(H,82,99)(H,83,108)(H,84,109)(H,85,97)(H,86,103)(H,87,104)(H,88,110)(H,89,105)(H,90,102)(H,91,107)(H,92,106)(H,111,112)(H4,76,77,78)/t39-,40-,41+,42+,43+,45-,46-,47-,48-,49-,51-,52-,53-,54-,55-,56-,57-,58-/m0/s1. The highest BCUT2D eigenvalue weighted by Crippen LogP contribution is 2.15. The number of amides is 14. The zero-order chi connectivity index (χ0) is 85.7. The molecule has 39 nitrogen and oxygen atoms in total. The van der Waals surface area contributed by atoms with Crippen LogP contribution < -0.4 is 97.4 Å². The average Bonchev–Trinajstić information content (AvgIpc) is 0.847. The SMILES string of the molecule is CC[C@H](C)[C@H](NC(=O)[C@@H](NC(=O)[C@H](CO)NC(=O)[C@@H](NC(=O)[C@@H](NC(=O)[C@@H](NC(=O)CNC(=O)[C@H](Cc1ccccc1)NC(=O)[C@@H](NC(=O)[C@@H](NC(=O)[C@@H](NC(=O)[C@H](CCCN=C(N)N)NC(=O)[C@H](C)NC(=O)[C@H](CCCCN)NC(=O)[C@@H](N)CC(C)C)[C@@H](C)O)C(C)C)[C@@H](C)O)C(C)C)C(C)C)[C@@H](C)O)C(C)C)C(=O)O. The monoisotopic (exact) mass is 1590 g/mol. The summed E-state index contributed by atoms with van der Waals surface area (Å²) in [6, 6.07) is -12.5. The third-order valence-corrected chi connectivity index (χ3v) is 18.1. The first-order valence-corrected chi connectivity index (χ1v) is 37.9. The Kier molecular flexibility index (Phi) is 45.1. The fourth-order valence-electron chi connectivity index (χ4n) is 11.2. The topological polar surface area (TPSA) is 642 Å². The molecule has 1 aromatic carbocycles. The Morgan fingerprint density at radius 3 is 1.20 bits per heavy atom. The van der Waals surface area contributed by atoms with E-state index in [9.17, 15) is 97.5 Å². The number of benzene rings is 1. The Bertz CT molecular complexity index is 3300. The van der Waals surface area contributed by atoms with Crippen LogP contribution >= 0.6 is 0 Å². The highest BCUT2D eigenvalue weighted by atomic mass is 16.4. The van der Waals surface area contributed by atoms with E-state index in [1.165, 1.54) is 34.6 Å². The molecule has 1 aromatic rings. The fourth-order valence-corrected chi connectivity index (χ4v) is 11.2. The molecule has 112 heavy (non-hydrogen) atoms. The molecule has 0 spiro atoms. The number of aliphatic carboxylic acids is 1. The lowest BCUT2D eigenvalue weighted by Crippen LogP contribution is -2.63. The minimum Gasteiger partial charge on any atom is -0.480 e. The van der Waals surface area contributed by atoms with E-state index in [2.05, 4.69) is 79.4 Å². The quantitative estimate of drug-likeness (QED) is 0.0164. The van der Waals surface area contributed by atoms with Crippen LogP contribution in [0.25, 0.3) is 0 Å². The largest absolute Gasteiger partial charge is 0.480 e. The number of carboxylic acid groups (broad SMARTS) is 1. The van der Waals surface area contributed by atoms with E-state index in [0.717, 1.165) is 20.8 Å². The number of nitrogens with two attached hydrogens (primary N) is 4. The molecular formula is C73H127N19O20. The van der Waals surface area contributed by atoms with Gasteiger partial charge in [-0.25, -0.2) is 4.79 Å². The molecule has 0 aliphatic heterocycles. The third kappa shape index (κ3) is 35.3. The van der Waals surface area contributed by atoms with Crippen molar-refractivity contribution in [2.75, 3.05) is 26.2 Å². The Labute approximate surface area is 654 Å². The molecule has 0 aliphatic rings. The lowest BCUT2D eigenvalue weighted by molar-refractivity contribution is -0.144. The minimum atomic E-state index is -1.85. The van der Waals surface area contributed by atoms with Crippen molar-refractivity contribution >= 4 is 94.6 Å². The number of aliphatic hydroxyl groups is 4. The van der Waals surface area contributed by atoms with E-state index >= 15 is 0 Å². The number of aliphatic imine (C=N–C) groups is 1. The molecule has 27 N–H and O–H groups in total. The van der Waals surface area contributed by atoms with E-state index in [1.54, 1.807) is 71.9 Å². The Morgan fingerprint density at radius 2 is 0.786 bits per heavy atom. The van der Waals surface area contributed by atoms with Gasteiger partial charge in [-0.1, -0.05) is 120 Å². The van der Waals surface area contributed by atoms with Crippen LogP contribution in [0.1, 0.15) is 161 Å². The second kappa shape index (κ2) is 50.3. The van der Waals surface area contributed by atoms with Crippen molar-refractivity contribution in [2.24, 2.45) is 63.4 Å². The lowest BCUT2D eigenvalue weighted by atomic mass is 9.97. The number of rotatable bonds is 51. The van der Waals surface area contributed by atoms with Crippen LogP contribution in [0.5, 0.6) is 0 Å². The first-order chi connectivity index (χ1) is 52.2. The van der Waals surface area contributed by atoms with Crippen molar-refractivity contribution in [3.63, 3.8) is 0 Å². The van der Waals surface area contributed by atoms with Crippen molar-refractivity contribution in [1.82, 2.24) is 74.4 Å². The number of carbonyl (C=O) groups excluding carboxylic acids is 14. The molecule has 0 aliphatic carbocycles. The summed E-state index contributed by atoms with van der Waals surface area (Å²) in [5, 5.41) is 87.1. The summed E-state index contributed by atoms with van der Waals surface area (Å²) in [7, 11) is 0. The molecule has 0 bridgehead atoms. The van der Waals surface area contributed by atoms with Crippen LogP contribution in [0.15, 0.2) is 35.3 Å². The molecule has 0 saturated heterocycles. The van der Waals surface area contributed by atoms with E-state index in [0.29, 0.717) is 37.8 Å². The molecule has 39 heteroatoms. The molecule has 634 valence electrons. The van der Waals surface area contributed by atoms with Gasteiger partial charge in [-0.2, -0.15) is 0 Å². The van der Waals surface area contributed by atoms with Gasteiger partial charge < -0.3 is 123 Å². The van der Waals surface area contributed by atoms with Gasteiger partial charge in [0.2, 0.25) is 82.7 Å². The number of carbonyl (C=O) groups is 15. The molecule has 1 rings (SSSR count). The summed E-state index contributed by atoms with van der Waals surface area (Å²) < 4.78 is 0. The maximum absolute atomic E-state index is 14.3. The second-order valence-electron chi connectivity index (χ2n) is 29.9. The van der Waals surface area contributed by atoms with Gasteiger partial charge >= 0.3 is 5.97 Å². The van der Waals surface area contributed by atoms with Crippen LogP contribution in [0.4, 0.5) is 0 Å². The highest BCUT2D eigenvalue weighted by molar-refractivity contribution is 6.00. The summed E-state index contributed by atoms with van der Waals surface area (Å²) in [6.07, 6.45) is -3.53. The normalized spacial score (nSPS) is 16.2. The van der Waals surface area contributed by atoms with Crippen LogP contribution in [-0.4, -0.2) is 249 Å². The number of nitrogens with zero attached hydrogens (tertiary/aromatic N) is 1. The first-order valence-electron chi connectivity index (χ1n) is 37.9. The molecule has 0 aromatic heterocycles. The molecule has 0 fully saturated rings. The third-order valence-electron chi connectivity index (χ3n) is 18.1.